The van der Waals surface area contributed by atoms with Gasteiger partial charge in [0, 0.05) is 25.4 Å². The van der Waals surface area contributed by atoms with Gasteiger partial charge in [0.2, 0.25) is 10.0 Å². The summed E-state index contributed by atoms with van der Waals surface area (Å²) in [5.41, 5.74) is 3.06. The number of rotatable bonds is 9. The minimum Gasteiger partial charge on any atom is -0.278 e. The number of hydrogen-bond acceptors (Lipinski definition) is 6. The third-order valence-corrected chi connectivity index (χ3v) is 8.60. The third-order valence-electron chi connectivity index (χ3n) is 5.69. The van der Waals surface area contributed by atoms with Gasteiger partial charge < -0.3 is 0 Å². The first-order valence-corrected chi connectivity index (χ1v) is 13.7. The number of thiazole rings is 1. The Bertz CT molecular complexity index is 1420. The van der Waals surface area contributed by atoms with E-state index >= 15 is 0 Å². The average Bonchev–Trinajstić information content (AvgIpc) is 3.29. The van der Waals surface area contributed by atoms with Crippen LogP contribution in [0.2, 0.25) is 0 Å². The summed E-state index contributed by atoms with van der Waals surface area (Å²) in [6.45, 7) is 4.74. The molecule has 4 rings (SSSR count). The summed E-state index contributed by atoms with van der Waals surface area (Å²) in [5, 5.41) is 0.567. The van der Waals surface area contributed by atoms with Crippen molar-refractivity contribution in [2.45, 2.75) is 38.1 Å². The first-order chi connectivity index (χ1) is 16.8. The Balaban J connectivity index is 1.66. The van der Waals surface area contributed by atoms with E-state index < -0.39 is 10.0 Å². The third kappa shape index (κ3) is 5.58. The number of aryl methyl sites for hydroxylation is 1. The molecule has 0 aliphatic carbocycles. The van der Waals surface area contributed by atoms with Crippen LogP contribution in [0.25, 0.3) is 10.2 Å². The van der Waals surface area contributed by atoms with E-state index in [1.54, 1.807) is 30.3 Å². The minimum absolute atomic E-state index is 0.166. The van der Waals surface area contributed by atoms with Crippen LogP contribution in [-0.4, -0.2) is 42.2 Å². The van der Waals surface area contributed by atoms with Gasteiger partial charge in [-0.1, -0.05) is 36.8 Å². The van der Waals surface area contributed by atoms with Crippen molar-refractivity contribution in [3.63, 3.8) is 0 Å². The van der Waals surface area contributed by atoms with Crippen LogP contribution in [-0.2, 0) is 16.6 Å². The average molecular weight is 509 g/mol. The van der Waals surface area contributed by atoms with Crippen LogP contribution < -0.4 is 4.90 Å². The zero-order valence-electron chi connectivity index (χ0n) is 20.0. The zero-order chi connectivity index (χ0) is 25.0. The van der Waals surface area contributed by atoms with Gasteiger partial charge in [-0.25, -0.2) is 17.7 Å². The van der Waals surface area contributed by atoms with Gasteiger partial charge in [-0.3, -0.25) is 14.7 Å². The van der Waals surface area contributed by atoms with Crippen LogP contribution in [0.5, 0.6) is 0 Å². The predicted octanol–water partition coefficient (Wildman–Crippen LogP) is 5.27. The number of hydrogen-bond donors (Lipinski definition) is 0. The fourth-order valence-electron chi connectivity index (χ4n) is 3.62. The molecule has 1 amide bonds. The van der Waals surface area contributed by atoms with Crippen LogP contribution in [0, 0.1) is 6.92 Å². The molecule has 0 N–H and O–H groups in total. The summed E-state index contributed by atoms with van der Waals surface area (Å²) in [4.78, 5) is 24.5. The highest BCUT2D eigenvalue weighted by Crippen LogP contribution is 2.31. The quantitative estimate of drug-likeness (QED) is 0.308. The van der Waals surface area contributed by atoms with E-state index in [2.05, 4.69) is 11.1 Å². The molecule has 0 aliphatic heterocycles. The number of amides is 1. The van der Waals surface area contributed by atoms with Crippen molar-refractivity contribution in [2.75, 3.05) is 18.5 Å². The normalized spacial score (nSPS) is 11.8. The van der Waals surface area contributed by atoms with Gasteiger partial charge in [-0.2, -0.15) is 0 Å². The van der Waals surface area contributed by atoms with Gasteiger partial charge in [0.05, 0.1) is 27.4 Å². The Hall–Kier alpha value is -3.14. The maximum Gasteiger partial charge on any atom is 0.260 e. The molecular formula is C26H28N4O3S2. The van der Waals surface area contributed by atoms with Crippen molar-refractivity contribution in [2.24, 2.45) is 0 Å². The number of aromatic nitrogens is 2. The Labute approximate surface area is 210 Å². The Morgan fingerprint density at radius 1 is 1.06 bits per heavy atom. The van der Waals surface area contributed by atoms with E-state index in [1.165, 1.54) is 27.8 Å². The molecule has 0 fully saturated rings. The lowest BCUT2D eigenvalue weighted by Crippen LogP contribution is -2.31. The maximum atomic E-state index is 13.6. The molecule has 9 heteroatoms. The molecule has 35 heavy (non-hydrogen) atoms. The van der Waals surface area contributed by atoms with Gasteiger partial charge in [-0.15, -0.1) is 0 Å². The fourth-order valence-corrected chi connectivity index (χ4v) is 5.89. The van der Waals surface area contributed by atoms with Crippen LogP contribution >= 0.6 is 11.3 Å². The van der Waals surface area contributed by atoms with Crippen LogP contribution in [0.4, 0.5) is 5.13 Å². The standard InChI is InChI=1S/C26H28N4O3S2/c1-4-5-16-29(3)35(32,33)22-12-10-20(11-13-22)25(31)30(18-21-8-6-7-15-27-21)26-28-23-14-9-19(2)17-24(23)34-26/h6-15,17H,4-5,16,18H2,1-3H3. The fraction of sp³-hybridized carbons (Fsp3) is 0.269. The van der Waals surface area contributed by atoms with Crippen molar-refractivity contribution in [3.8, 4) is 0 Å². The number of fused-ring (bicyclic) bond motifs is 1. The molecule has 0 unspecified atom stereocenters. The van der Waals surface area contributed by atoms with Crippen molar-refractivity contribution < 1.29 is 13.2 Å². The maximum absolute atomic E-state index is 13.6. The highest BCUT2D eigenvalue weighted by Gasteiger charge is 2.24. The molecule has 0 radical (unpaired) electrons. The molecule has 0 saturated heterocycles. The smallest absolute Gasteiger partial charge is 0.260 e. The molecule has 0 spiro atoms. The summed E-state index contributed by atoms with van der Waals surface area (Å²) < 4.78 is 28.1. The Morgan fingerprint density at radius 3 is 2.51 bits per heavy atom. The van der Waals surface area contributed by atoms with E-state index in [1.807, 2.05) is 44.2 Å². The van der Waals surface area contributed by atoms with E-state index in [0.29, 0.717) is 17.2 Å². The second-order valence-electron chi connectivity index (χ2n) is 8.38. The van der Waals surface area contributed by atoms with Crippen LogP contribution in [0.15, 0.2) is 71.8 Å². The minimum atomic E-state index is -3.61. The second-order valence-corrected chi connectivity index (χ2v) is 11.4. The van der Waals surface area contributed by atoms with Gasteiger partial charge in [-0.05, 0) is 67.4 Å². The monoisotopic (exact) mass is 508 g/mol. The first-order valence-electron chi connectivity index (χ1n) is 11.4. The van der Waals surface area contributed by atoms with Crippen molar-refractivity contribution in [1.29, 1.82) is 0 Å². The van der Waals surface area contributed by atoms with Gasteiger partial charge >= 0.3 is 0 Å². The first kappa shape index (κ1) is 25.0. The highest BCUT2D eigenvalue weighted by atomic mass is 32.2. The molecular weight excluding hydrogens is 480 g/mol. The lowest BCUT2D eigenvalue weighted by atomic mass is 10.2. The van der Waals surface area contributed by atoms with Crippen LogP contribution in [0.1, 0.15) is 41.4 Å². The molecule has 7 nitrogen and oxygen atoms in total. The molecule has 0 saturated carbocycles. The van der Waals surface area contributed by atoms with Gasteiger partial charge in [0.1, 0.15) is 0 Å². The zero-order valence-corrected chi connectivity index (χ0v) is 21.6. The summed E-state index contributed by atoms with van der Waals surface area (Å²) in [5.74, 6) is -0.269. The van der Waals surface area contributed by atoms with Gasteiger partial charge in [0.15, 0.2) is 5.13 Å². The summed E-state index contributed by atoms with van der Waals surface area (Å²) in [6, 6.07) is 17.7. The van der Waals surface area contributed by atoms with E-state index in [0.717, 1.165) is 34.3 Å². The number of nitrogens with zero attached hydrogens (tertiary/aromatic N) is 4. The van der Waals surface area contributed by atoms with Crippen molar-refractivity contribution in [3.05, 3.63) is 83.7 Å². The largest absolute Gasteiger partial charge is 0.278 e. The van der Waals surface area contributed by atoms with Crippen LogP contribution in [0.3, 0.4) is 0 Å². The summed E-state index contributed by atoms with van der Waals surface area (Å²) in [6.07, 6.45) is 3.38. The number of unbranched alkanes of at least 4 members (excludes halogenated alkanes) is 1. The lowest BCUT2D eigenvalue weighted by molar-refractivity contribution is 0.0984. The number of carbonyl (C=O) groups is 1. The van der Waals surface area contributed by atoms with E-state index in [4.69, 9.17) is 4.98 Å². The summed E-state index contributed by atoms with van der Waals surface area (Å²) in [7, 11) is -2.03. The molecule has 0 bridgehead atoms. The molecule has 2 heterocycles. The van der Waals surface area contributed by atoms with Gasteiger partial charge in [0.25, 0.3) is 5.91 Å². The number of sulfonamides is 1. The Kier molecular flexibility index (Phi) is 7.59. The molecule has 2 aromatic heterocycles. The molecule has 182 valence electrons. The SMILES string of the molecule is CCCCN(C)S(=O)(=O)c1ccc(C(=O)N(Cc2ccccn2)c2nc3ccc(C)cc3s2)cc1. The molecule has 0 atom stereocenters. The highest BCUT2D eigenvalue weighted by molar-refractivity contribution is 7.89. The molecule has 0 aliphatic rings. The predicted molar refractivity (Wildman–Crippen MR) is 140 cm³/mol. The number of benzene rings is 2. The Morgan fingerprint density at radius 2 is 1.83 bits per heavy atom. The molecule has 4 aromatic rings. The summed E-state index contributed by atoms with van der Waals surface area (Å²) >= 11 is 1.44. The second kappa shape index (κ2) is 10.6. The topological polar surface area (TPSA) is 83.5 Å². The molecule has 2 aromatic carbocycles. The number of carbonyl (C=O) groups excluding carboxylic acids is 1. The van der Waals surface area contributed by atoms with E-state index in [9.17, 15) is 13.2 Å². The van der Waals surface area contributed by atoms with Crippen molar-refractivity contribution >= 4 is 42.6 Å². The van der Waals surface area contributed by atoms with Crippen molar-refractivity contribution in [1.82, 2.24) is 14.3 Å². The van der Waals surface area contributed by atoms with E-state index in [-0.39, 0.29) is 17.3 Å². The number of anilines is 1. The lowest BCUT2D eigenvalue weighted by Gasteiger charge is -2.20. The number of pyridine rings is 1.